The maximum atomic E-state index is 10.8. The number of nitrogens with zero attached hydrogens (tertiary/aromatic N) is 2. The molecule has 6 heteroatoms. The van der Waals surface area contributed by atoms with Crippen LogP contribution in [0.15, 0.2) is 78.7 Å². The molecule has 30 heavy (non-hydrogen) atoms. The van der Waals surface area contributed by atoms with E-state index < -0.39 is 17.4 Å². The minimum Gasteiger partial charge on any atom is -0.487 e. The fraction of sp³-hybridized carbons (Fsp3) is 0.292. The molecule has 1 saturated heterocycles. The van der Waals surface area contributed by atoms with Gasteiger partial charge >= 0.3 is 0 Å². The van der Waals surface area contributed by atoms with E-state index >= 15 is 0 Å². The monoisotopic (exact) mass is 404 g/mol. The molecule has 2 heterocycles. The molecule has 1 fully saturated rings. The minimum atomic E-state index is -0.845. The molecule has 2 aliphatic heterocycles. The van der Waals surface area contributed by atoms with E-state index in [9.17, 15) is 5.11 Å². The highest BCUT2D eigenvalue weighted by atomic mass is 16.9. The third-order valence-electron chi connectivity index (χ3n) is 5.25. The summed E-state index contributed by atoms with van der Waals surface area (Å²) in [6, 6.07) is 18.9. The summed E-state index contributed by atoms with van der Waals surface area (Å²) in [5, 5.41) is 21.4. The van der Waals surface area contributed by atoms with E-state index in [2.05, 4.69) is 6.07 Å². The zero-order valence-corrected chi connectivity index (χ0v) is 17.0. The number of ether oxygens (including phenoxy) is 2. The predicted octanol–water partition coefficient (Wildman–Crippen LogP) is 4.04. The van der Waals surface area contributed by atoms with Gasteiger partial charge in [0.25, 0.3) is 0 Å². The highest BCUT2D eigenvalue weighted by Gasteiger charge is 2.56. The molecule has 0 amide bonds. The second-order valence-corrected chi connectivity index (χ2v) is 7.96. The van der Waals surface area contributed by atoms with Gasteiger partial charge < -0.3 is 14.6 Å². The topological polar surface area (TPSA) is 78.0 Å². The first-order valence-electron chi connectivity index (χ1n) is 9.84. The highest BCUT2D eigenvalue weighted by Crippen LogP contribution is 2.45. The Balaban J connectivity index is 1.33. The van der Waals surface area contributed by atoms with Crippen LogP contribution in [0.2, 0.25) is 0 Å². The number of hydrogen-bond donors (Lipinski definition) is 1. The first-order valence-corrected chi connectivity index (χ1v) is 9.84. The van der Waals surface area contributed by atoms with E-state index in [1.165, 1.54) is 0 Å². The van der Waals surface area contributed by atoms with Gasteiger partial charge in [-0.05, 0) is 55.8 Å². The van der Waals surface area contributed by atoms with Crippen molar-refractivity contribution in [3.8, 4) is 11.8 Å². The standard InChI is InChI=1S/C24H24N2O4/c1-23(2,29-20-10-8-18(15-25)9-11-20)22(27)14-24-13-12-21(16-26(24)30-24)28-17-19-6-4-3-5-7-19/h3-13,16,22,27H,14,17H2,1-2H3. The van der Waals surface area contributed by atoms with Gasteiger partial charge in [0, 0.05) is 6.42 Å². The molecule has 0 saturated carbocycles. The molecule has 0 radical (unpaired) electrons. The Morgan fingerprint density at radius 3 is 2.57 bits per heavy atom. The molecule has 1 N–H and O–H groups in total. The third kappa shape index (κ3) is 4.33. The molecule has 2 aromatic rings. The van der Waals surface area contributed by atoms with Crippen molar-refractivity contribution >= 4 is 0 Å². The number of fused-ring (bicyclic) bond motifs is 1. The van der Waals surface area contributed by atoms with Gasteiger partial charge in [-0.15, -0.1) is 0 Å². The molecule has 0 spiro atoms. The molecule has 154 valence electrons. The Kier molecular flexibility index (Phi) is 5.25. The quantitative estimate of drug-likeness (QED) is 0.669. The van der Waals surface area contributed by atoms with Crippen LogP contribution in [0.4, 0.5) is 0 Å². The fourth-order valence-electron chi connectivity index (χ4n) is 3.27. The lowest BCUT2D eigenvalue weighted by atomic mass is 9.93. The number of benzene rings is 2. The van der Waals surface area contributed by atoms with Crippen LogP contribution < -0.4 is 4.74 Å². The van der Waals surface area contributed by atoms with E-state index in [0.29, 0.717) is 30.1 Å². The van der Waals surface area contributed by atoms with Gasteiger partial charge in [0.05, 0.1) is 23.9 Å². The van der Waals surface area contributed by atoms with Crippen LogP contribution in [0, 0.1) is 11.3 Å². The Morgan fingerprint density at radius 2 is 1.90 bits per heavy atom. The number of nitriles is 1. The summed E-state index contributed by atoms with van der Waals surface area (Å²) < 4.78 is 11.8. The van der Waals surface area contributed by atoms with Gasteiger partial charge in [-0.3, -0.25) is 0 Å². The lowest BCUT2D eigenvalue weighted by Gasteiger charge is -2.32. The van der Waals surface area contributed by atoms with Crippen LogP contribution in [-0.4, -0.2) is 27.6 Å². The van der Waals surface area contributed by atoms with Gasteiger partial charge in [0.2, 0.25) is 5.72 Å². The molecular formula is C24H24N2O4. The summed E-state index contributed by atoms with van der Waals surface area (Å²) in [5.41, 5.74) is 0.130. The van der Waals surface area contributed by atoms with Crippen LogP contribution in [0.25, 0.3) is 0 Å². The Hall–Kier alpha value is -3.27. The van der Waals surface area contributed by atoms with E-state index in [1.54, 1.807) is 35.5 Å². The average Bonchev–Trinajstić information content (AvgIpc) is 3.46. The van der Waals surface area contributed by atoms with E-state index in [1.807, 2.05) is 56.3 Å². The van der Waals surface area contributed by atoms with Gasteiger partial charge in [0.1, 0.15) is 23.7 Å². The van der Waals surface area contributed by atoms with Crippen LogP contribution >= 0.6 is 0 Å². The summed E-state index contributed by atoms with van der Waals surface area (Å²) in [6.45, 7) is 4.14. The molecule has 4 rings (SSSR count). The first kappa shape index (κ1) is 20.0. The number of hydroxylamine groups is 2. The highest BCUT2D eigenvalue weighted by molar-refractivity contribution is 5.35. The minimum absolute atomic E-state index is 0.343. The smallest absolute Gasteiger partial charge is 0.212 e. The Labute approximate surface area is 176 Å². The van der Waals surface area contributed by atoms with Gasteiger partial charge in [-0.1, -0.05) is 30.3 Å². The van der Waals surface area contributed by atoms with Gasteiger partial charge in [-0.25, -0.2) is 9.90 Å². The molecule has 2 unspecified atom stereocenters. The molecule has 2 aliphatic rings. The number of aliphatic hydroxyl groups is 1. The van der Waals surface area contributed by atoms with Crippen molar-refractivity contribution in [1.82, 2.24) is 5.06 Å². The van der Waals surface area contributed by atoms with Crippen LogP contribution in [0.5, 0.6) is 5.75 Å². The van der Waals surface area contributed by atoms with Crippen LogP contribution in [0.3, 0.4) is 0 Å². The van der Waals surface area contributed by atoms with Crippen molar-refractivity contribution in [3.05, 3.63) is 89.8 Å². The van der Waals surface area contributed by atoms with Crippen molar-refractivity contribution in [2.24, 2.45) is 0 Å². The molecule has 2 atom stereocenters. The zero-order chi connectivity index (χ0) is 21.2. The van der Waals surface area contributed by atoms with Gasteiger partial charge in [0.15, 0.2) is 0 Å². The largest absolute Gasteiger partial charge is 0.487 e. The number of rotatable bonds is 8. The molecule has 0 bridgehead atoms. The summed E-state index contributed by atoms with van der Waals surface area (Å²) in [6.07, 6.45) is 5.12. The number of allylic oxidation sites excluding steroid dienone is 1. The third-order valence-corrected chi connectivity index (χ3v) is 5.25. The zero-order valence-electron chi connectivity index (χ0n) is 17.0. The van der Waals surface area contributed by atoms with Gasteiger partial charge in [-0.2, -0.15) is 5.26 Å². The summed E-state index contributed by atoms with van der Waals surface area (Å²) in [7, 11) is 0. The number of hydrogen-bond acceptors (Lipinski definition) is 6. The average molecular weight is 404 g/mol. The van der Waals surface area contributed by atoms with Crippen molar-refractivity contribution in [2.45, 2.75) is 44.3 Å². The normalized spacial score (nSPS) is 20.6. The van der Waals surface area contributed by atoms with E-state index in [-0.39, 0.29) is 0 Å². The summed E-state index contributed by atoms with van der Waals surface area (Å²) >= 11 is 0. The summed E-state index contributed by atoms with van der Waals surface area (Å²) in [5.74, 6) is 1.30. The van der Waals surface area contributed by atoms with E-state index in [4.69, 9.17) is 19.6 Å². The fourth-order valence-corrected chi connectivity index (χ4v) is 3.27. The second-order valence-electron chi connectivity index (χ2n) is 7.96. The molecule has 6 nitrogen and oxygen atoms in total. The van der Waals surface area contributed by atoms with Crippen LogP contribution in [0.1, 0.15) is 31.4 Å². The first-order chi connectivity index (χ1) is 14.4. The molecule has 2 aromatic carbocycles. The summed E-state index contributed by atoms with van der Waals surface area (Å²) in [4.78, 5) is 5.73. The lowest BCUT2D eigenvalue weighted by molar-refractivity contribution is -0.0401. The maximum Gasteiger partial charge on any atom is 0.212 e. The van der Waals surface area contributed by atoms with Crippen molar-refractivity contribution < 1.29 is 19.4 Å². The SMILES string of the molecule is CC(C)(Oc1ccc(C#N)cc1)C(O)CC12C=CC(OCc3ccccc3)=CN1O2. The molecule has 0 aliphatic carbocycles. The maximum absolute atomic E-state index is 10.8. The Bertz CT molecular complexity index is 992. The van der Waals surface area contributed by atoms with Crippen LogP contribution in [-0.2, 0) is 16.2 Å². The second kappa shape index (κ2) is 7.86. The molecular weight excluding hydrogens is 380 g/mol. The van der Waals surface area contributed by atoms with Crippen molar-refractivity contribution in [3.63, 3.8) is 0 Å². The molecule has 0 aromatic heterocycles. The van der Waals surface area contributed by atoms with E-state index in [0.717, 1.165) is 5.56 Å². The Morgan fingerprint density at radius 1 is 1.17 bits per heavy atom. The lowest BCUT2D eigenvalue weighted by Crippen LogP contribution is -2.44. The van der Waals surface area contributed by atoms with Crippen molar-refractivity contribution in [2.75, 3.05) is 0 Å². The van der Waals surface area contributed by atoms with Crippen molar-refractivity contribution in [1.29, 1.82) is 5.26 Å². The predicted molar refractivity (Wildman–Crippen MR) is 111 cm³/mol. The number of aliphatic hydroxyl groups excluding tert-OH is 1.